The van der Waals surface area contributed by atoms with Crippen molar-refractivity contribution in [2.75, 3.05) is 0 Å². The van der Waals surface area contributed by atoms with Gasteiger partial charge in [-0.25, -0.2) is 0 Å². The van der Waals surface area contributed by atoms with Crippen LogP contribution in [0.3, 0.4) is 0 Å². The third-order valence-electron chi connectivity index (χ3n) is 2.00. The SMILES string of the molecule is Cn1nc2c(c1C=O)C=C=CC2Br. The van der Waals surface area contributed by atoms with Gasteiger partial charge in [-0.2, -0.15) is 5.10 Å². The Kier molecular flexibility index (Phi) is 1.94. The maximum atomic E-state index is 10.7. The van der Waals surface area contributed by atoms with Gasteiger partial charge in [-0.05, 0) is 12.2 Å². The van der Waals surface area contributed by atoms with Crippen molar-refractivity contribution in [3.63, 3.8) is 0 Å². The van der Waals surface area contributed by atoms with Gasteiger partial charge in [0.1, 0.15) is 5.69 Å². The molecule has 2 rings (SSSR count). The quantitative estimate of drug-likeness (QED) is 0.426. The number of carbonyl (C=O) groups is 1. The molecule has 0 bridgehead atoms. The van der Waals surface area contributed by atoms with Crippen molar-refractivity contribution in [1.82, 2.24) is 9.78 Å². The normalized spacial score (nSPS) is 18.8. The van der Waals surface area contributed by atoms with Crippen molar-refractivity contribution in [2.45, 2.75) is 4.83 Å². The average Bonchev–Trinajstić information content (AvgIpc) is 2.43. The Morgan fingerprint density at radius 1 is 1.77 bits per heavy atom. The summed E-state index contributed by atoms with van der Waals surface area (Å²) in [7, 11) is 1.76. The predicted octanol–water partition coefficient (Wildman–Crippen LogP) is 1.85. The number of aromatic nitrogens is 2. The van der Waals surface area contributed by atoms with Gasteiger partial charge in [0, 0.05) is 12.6 Å². The third-order valence-corrected chi connectivity index (χ3v) is 2.70. The van der Waals surface area contributed by atoms with Crippen LogP contribution in [-0.2, 0) is 7.05 Å². The van der Waals surface area contributed by atoms with Crippen LogP contribution in [0, 0.1) is 0 Å². The van der Waals surface area contributed by atoms with Crippen molar-refractivity contribution in [1.29, 1.82) is 0 Å². The Labute approximate surface area is 83.9 Å². The number of allylic oxidation sites excluding steroid dienone is 1. The molecule has 4 heteroatoms. The third kappa shape index (κ3) is 1.19. The van der Waals surface area contributed by atoms with Gasteiger partial charge in [0.25, 0.3) is 0 Å². The van der Waals surface area contributed by atoms with Gasteiger partial charge in [-0.3, -0.25) is 9.48 Å². The van der Waals surface area contributed by atoms with Gasteiger partial charge in [0.05, 0.1) is 10.5 Å². The number of aryl methyl sites for hydroxylation is 1. The molecule has 1 unspecified atom stereocenters. The van der Waals surface area contributed by atoms with Gasteiger partial charge in [-0.15, -0.1) is 5.73 Å². The number of fused-ring (bicyclic) bond motifs is 1. The summed E-state index contributed by atoms with van der Waals surface area (Å²) in [5.41, 5.74) is 5.31. The van der Waals surface area contributed by atoms with E-state index in [4.69, 9.17) is 0 Å². The summed E-state index contributed by atoms with van der Waals surface area (Å²) in [6.07, 6.45) is 4.46. The van der Waals surface area contributed by atoms with E-state index >= 15 is 0 Å². The minimum atomic E-state index is 0.0624. The molecular weight excluding hydrogens is 232 g/mol. The first kappa shape index (κ1) is 8.48. The molecule has 0 aliphatic heterocycles. The van der Waals surface area contributed by atoms with Gasteiger partial charge < -0.3 is 0 Å². The highest BCUT2D eigenvalue weighted by molar-refractivity contribution is 9.09. The fourth-order valence-electron chi connectivity index (χ4n) is 1.36. The Bertz CT molecular complexity index is 427. The zero-order valence-electron chi connectivity index (χ0n) is 6.99. The lowest BCUT2D eigenvalue weighted by molar-refractivity contribution is 0.111. The first-order valence-corrected chi connectivity index (χ1v) is 4.74. The smallest absolute Gasteiger partial charge is 0.168 e. The van der Waals surface area contributed by atoms with E-state index in [1.54, 1.807) is 17.8 Å². The average molecular weight is 239 g/mol. The molecule has 0 aromatic carbocycles. The molecule has 0 saturated carbocycles. The van der Waals surface area contributed by atoms with Gasteiger partial charge in [-0.1, -0.05) is 15.9 Å². The molecule has 1 aromatic heterocycles. The predicted molar refractivity (Wildman–Crippen MR) is 52.8 cm³/mol. The first-order valence-electron chi connectivity index (χ1n) is 3.83. The molecule has 1 aliphatic rings. The van der Waals surface area contributed by atoms with Crippen LogP contribution in [0.5, 0.6) is 0 Å². The Hall–Kier alpha value is -1.12. The van der Waals surface area contributed by atoms with Gasteiger partial charge >= 0.3 is 0 Å². The van der Waals surface area contributed by atoms with Crippen molar-refractivity contribution >= 4 is 28.3 Å². The second-order valence-electron chi connectivity index (χ2n) is 2.81. The highest BCUT2D eigenvalue weighted by Crippen LogP contribution is 2.30. The summed E-state index contributed by atoms with van der Waals surface area (Å²) in [4.78, 5) is 10.8. The van der Waals surface area contributed by atoms with Crippen molar-refractivity contribution in [3.05, 3.63) is 28.8 Å². The number of alkyl halides is 1. The molecule has 66 valence electrons. The van der Waals surface area contributed by atoms with Crippen molar-refractivity contribution in [2.24, 2.45) is 7.05 Å². The van der Waals surface area contributed by atoms with E-state index in [1.807, 2.05) is 6.08 Å². The molecule has 0 spiro atoms. The van der Waals surface area contributed by atoms with Crippen molar-refractivity contribution in [3.8, 4) is 0 Å². The number of halogens is 1. The maximum Gasteiger partial charge on any atom is 0.168 e. The summed E-state index contributed by atoms with van der Waals surface area (Å²) in [5.74, 6) is 0. The highest BCUT2D eigenvalue weighted by Gasteiger charge is 2.19. The number of nitrogens with zero attached hydrogens (tertiary/aromatic N) is 2. The van der Waals surface area contributed by atoms with E-state index in [9.17, 15) is 4.79 Å². The van der Waals surface area contributed by atoms with E-state index in [0.717, 1.165) is 17.5 Å². The minimum absolute atomic E-state index is 0.0624. The number of hydrogen-bond donors (Lipinski definition) is 0. The monoisotopic (exact) mass is 238 g/mol. The first-order chi connectivity index (χ1) is 6.24. The molecule has 13 heavy (non-hydrogen) atoms. The fraction of sp³-hybridized carbons (Fsp3) is 0.222. The summed E-state index contributed by atoms with van der Waals surface area (Å²) < 4.78 is 1.59. The standard InChI is InChI=1S/C9H7BrN2O/c1-12-8(5-13)6-3-2-4-7(10)9(6)11-12/h3-5,7H,1H3. The molecule has 0 radical (unpaired) electrons. The van der Waals surface area contributed by atoms with Crippen LogP contribution in [0.1, 0.15) is 26.6 Å². The molecule has 0 fully saturated rings. The highest BCUT2D eigenvalue weighted by atomic mass is 79.9. The van der Waals surface area contributed by atoms with Crippen LogP contribution in [0.25, 0.3) is 6.08 Å². The molecule has 0 amide bonds. The second kappa shape index (κ2) is 2.98. The van der Waals surface area contributed by atoms with Crippen LogP contribution in [0.15, 0.2) is 11.8 Å². The summed E-state index contributed by atoms with van der Waals surface area (Å²) >= 11 is 3.43. The Morgan fingerprint density at radius 3 is 3.23 bits per heavy atom. The number of rotatable bonds is 1. The molecule has 3 nitrogen and oxygen atoms in total. The lowest BCUT2D eigenvalue weighted by Gasteiger charge is -2.03. The maximum absolute atomic E-state index is 10.7. The molecule has 1 aromatic rings. The lowest BCUT2D eigenvalue weighted by atomic mass is 10.1. The van der Waals surface area contributed by atoms with Gasteiger partial charge in [0.2, 0.25) is 0 Å². The van der Waals surface area contributed by atoms with Crippen LogP contribution >= 0.6 is 15.9 Å². The summed E-state index contributed by atoms with van der Waals surface area (Å²) in [5, 5.41) is 4.24. The summed E-state index contributed by atoms with van der Waals surface area (Å²) in [6.45, 7) is 0. The Balaban J connectivity index is 2.71. The molecule has 1 atom stereocenters. The molecule has 1 heterocycles. The van der Waals surface area contributed by atoms with Crippen LogP contribution < -0.4 is 0 Å². The van der Waals surface area contributed by atoms with Crippen molar-refractivity contribution < 1.29 is 4.79 Å². The van der Waals surface area contributed by atoms with Crippen LogP contribution in [-0.4, -0.2) is 16.1 Å². The topological polar surface area (TPSA) is 34.9 Å². The van der Waals surface area contributed by atoms with E-state index in [-0.39, 0.29) is 4.83 Å². The Morgan fingerprint density at radius 2 is 2.54 bits per heavy atom. The molecule has 0 saturated heterocycles. The molecule has 1 aliphatic carbocycles. The fourth-order valence-corrected chi connectivity index (χ4v) is 1.85. The zero-order valence-corrected chi connectivity index (χ0v) is 8.58. The van der Waals surface area contributed by atoms with Crippen LogP contribution in [0.4, 0.5) is 0 Å². The summed E-state index contributed by atoms with van der Waals surface area (Å²) in [6, 6.07) is 0. The van der Waals surface area contributed by atoms with E-state index in [0.29, 0.717) is 5.69 Å². The minimum Gasteiger partial charge on any atom is -0.296 e. The molecule has 0 N–H and O–H groups in total. The molecular formula is C9H7BrN2O. The second-order valence-corrected chi connectivity index (χ2v) is 3.79. The lowest BCUT2D eigenvalue weighted by Crippen LogP contribution is -1.96. The van der Waals surface area contributed by atoms with E-state index < -0.39 is 0 Å². The van der Waals surface area contributed by atoms with Crippen LogP contribution in [0.2, 0.25) is 0 Å². The number of carbonyl (C=O) groups excluding carboxylic acids is 1. The number of aldehydes is 1. The van der Waals surface area contributed by atoms with E-state index in [1.165, 1.54) is 0 Å². The van der Waals surface area contributed by atoms with E-state index in [2.05, 4.69) is 26.8 Å². The van der Waals surface area contributed by atoms with Gasteiger partial charge in [0.15, 0.2) is 6.29 Å². The number of hydrogen-bond acceptors (Lipinski definition) is 2. The zero-order chi connectivity index (χ0) is 9.42. The largest absolute Gasteiger partial charge is 0.296 e.